The molecule has 1 heterocycles. The summed E-state index contributed by atoms with van der Waals surface area (Å²) in [5, 5.41) is 12.8. The lowest BCUT2D eigenvalue weighted by Gasteiger charge is -2.22. The SMILES string of the molecule is Cc1cc([N+](=O)[O-])ccc1C(=O)C1CCCc2sccc21. The molecule has 21 heavy (non-hydrogen) atoms. The van der Waals surface area contributed by atoms with Crippen LogP contribution >= 0.6 is 11.3 Å². The largest absolute Gasteiger partial charge is 0.293 e. The quantitative estimate of drug-likeness (QED) is 0.483. The smallest absolute Gasteiger partial charge is 0.269 e. The van der Waals surface area contributed by atoms with Crippen LogP contribution in [0.1, 0.15) is 45.1 Å². The van der Waals surface area contributed by atoms with Gasteiger partial charge in [0.25, 0.3) is 5.69 Å². The highest BCUT2D eigenvalue weighted by atomic mass is 32.1. The molecule has 0 aliphatic heterocycles. The Bertz CT molecular complexity index is 720. The van der Waals surface area contributed by atoms with Gasteiger partial charge in [-0.1, -0.05) is 0 Å². The predicted octanol–water partition coefficient (Wildman–Crippen LogP) is 4.27. The Labute approximate surface area is 126 Å². The fraction of sp³-hybridized carbons (Fsp3) is 0.312. The van der Waals surface area contributed by atoms with E-state index in [4.69, 9.17) is 0 Å². The number of Topliss-reactive ketones (excluding diaryl/α,β-unsaturated/α-hetero) is 1. The van der Waals surface area contributed by atoms with Gasteiger partial charge in [-0.05, 0) is 54.8 Å². The van der Waals surface area contributed by atoms with E-state index in [2.05, 4.69) is 0 Å². The number of fused-ring (bicyclic) bond motifs is 1. The summed E-state index contributed by atoms with van der Waals surface area (Å²) in [6, 6.07) is 6.53. The molecule has 108 valence electrons. The normalized spacial score (nSPS) is 17.3. The van der Waals surface area contributed by atoms with Gasteiger partial charge < -0.3 is 0 Å². The maximum atomic E-state index is 12.8. The van der Waals surface area contributed by atoms with E-state index in [0.717, 1.165) is 24.8 Å². The maximum absolute atomic E-state index is 12.8. The lowest BCUT2D eigenvalue weighted by molar-refractivity contribution is -0.384. The maximum Gasteiger partial charge on any atom is 0.269 e. The number of nitro groups is 1. The number of non-ortho nitro benzene ring substituents is 1. The molecular weight excluding hydrogens is 286 g/mol. The lowest BCUT2D eigenvalue weighted by Crippen LogP contribution is -2.18. The molecule has 0 spiro atoms. The third-order valence-corrected chi connectivity index (χ3v) is 5.05. The van der Waals surface area contributed by atoms with Crippen LogP contribution in [-0.2, 0) is 6.42 Å². The number of thiophene rings is 1. The van der Waals surface area contributed by atoms with Crippen molar-refractivity contribution >= 4 is 22.8 Å². The summed E-state index contributed by atoms with van der Waals surface area (Å²) in [6.07, 6.45) is 2.94. The van der Waals surface area contributed by atoms with Gasteiger partial charge in [0.1, 0.15) is 0 Å². The van der Waals surface area contributed by atoms with E-state index in [0.29, 0.717) is 11.1 Å². The van der Waals surface area contributed by atoms with Gasteiger partial charge in [0, 0.05) is 28.5 Å². The Balaban J connectivity index is 1.95. The minimum absolute atomic E-state index is 0.0314. The third-order valence-electron chi connectivity index (χ3n) is 4.05. The van der Waals surface area contributed by atoms with Crippen LogP contribution in [0.3, 0.4) is 0 Å². The zero-order chi connectivity index (χ0) is 15.0. The van der Waals surface area contributed by atoms with Crippen LogP contribution in [-0.4, -0.2) is 10.7 Å². The number of hydrogen-bond donors (Lipinski definition) is 0. The molecule has 1 aliphatic carbocycles. The number of carbonyl (C=O) groups excluding carboxylic acids is 1. The Morgan fingerprint density at radius 3 is 2.90 bits per heavy atom. The van der Waals surface area contributed by atoms with Gasteiger partial charge in [0.2, 0.25) is 0 Å². The molecule has 0 radical (unpaired) electrons. The number of nitro benzene ring substituents is 1. The van der Waals surface area contributed by atoms with Crippen LogP contribution in [0.2, 0.25) is 0 Å². The summed E-state index contributed by atoms with van der Waals surface area (Å²) in [6.45, 7) is 1.76. The van der Waals surface area contributed by atoms with Crippen molar-refractivity contribution in [3.8, 4) is 0 Å². The highest BCUT2D eigenvalue weighted by molar-refractivity contribution is 7.10. The van der Waals surface area contributed by atoms with Gasteiger partial charge in [0.15, 0.2) is 5.78 Å². The molecule has 0 N–H and O–H groups in total. The zero-order valence-corrected chi connectivity index (χ0v) is 12.5. The van der Waals surface area contributed by atoms with Crippen LogP contribution in [0.15, 0.2) is 29.6 Å². The van der Waals surface area contributed by atoms with Crippen molar-refractivity contribution in [2.75, 3.05) is 0 Å². The number of nitrogens with zero attached hydrogens (tertiary/aromatic N) is 1. The molecule has 1 aliphatic rings. The van der Waals surface area contributed by atoms with E-state index in [1.807, 2.05) is 11.4 Å². The minimum atomic E-state index is -0.432. The third kappa shape index (κ3) is 2.49. The summed E-state index contributed by atoms with van der Waals surface area (Å²) in [7, 11) is 0. The number of ketones is 1. The highest BCUT2D eigenvalue weighted by Crippen LogP contribution is 2.37. The second kappa shape index (κ2) is 5.41. The molecule has 5 heteroatoms. The molecule has 0 saturated heterocycles. The molecule has 0 bridgehead atoms. The Kier molecular flexibility index (Phi) is 3.59. The van der Waals surface area contributed by atoms with Gasteiger partial charge in [-0.15, -0.1) is 11.3 Å². The number of rotatable bonds is 3. The molecule has 4 nitrogen and oxygen atoms in total. The molecule has 1 aromatic carbocycles. The topological polar surface area (TPSA) is 60.2 Å². The fourth-order valence-corrected chi connectivity index (χ4v) is 3.97. The molecule has 1 unspecified atom stereocenters. The highest BCUT2D eigenvalue weighted by Gasteiger charge is 2.29. The van der Waals surface area contributed by atoms with Crippen molar-refractivity contribution < 1.29 is 9.72 Å². The summed E-state index contributed by atoms with van der Waals surface area (Å²) < 4.78 is 0. The van der Waals surface area contributed by atoms with Crippen molar-refractivity contribution in [3.63, 3.8) is 0 Å². The fourth-order valence-electron chi connectivity index (χ4n) is 2.98. The number of hydrogen-bond acceptors (Lipinski definition) is 4. The second-order valence-electron chi connectivity index (χ2n) is 5.36. The van der Waals surface area contributed by atoms with E-state index in [1.165, 1.54) is 17.0 Å². The van der Waals surface area contributed by atoms with Crippen LogP contribution in [0.5, 0.6) is 0 Å². The molecular formula is C16H15NO3S. The first-order chi connectivity index (χ1) is 10.1. The van der Waals surface area contributed by atoms with Crippen molar-refractivity contribution in [3.05, 3.63) is 61.3 Å². The summed E-state index contributed by atoms with van der Waals surface area (Å²) in [4.78, 5) is 24.5. The Morgan fingerprint density at radius 1 is 1.38 bits per heavy atom. The number of benzene rings is 1. The van der Waals surface area contributed by atoms with Gasteiger partial charge in [0.05, 0.1) is 4.92 Å². The van der Waals surface area contributed by atoms with Crippen molar-refractivity contribution in [1.82, 2.24) is 0 Å². The predicted molar refractivity (Wildman–Crippen MR) is 82.2 cm³/mol. The van der Waals surface area contributed by atoms with E-state index >= 15 is 0 Å². The molecule has 0 fully saturated rings. The lowest BCUT2D eigenvalue weighted by atomic mass is 9.81. The zero-order valence-electron chi connectivity index (χ0n) is 11.7. The first-order valence-corrected chi connectivity index (χ1v) is 7.81. The molecule has 3 rings (SSSR count). The van der Waals surface area contributed by atoms with E-state index in [-0.39, 0.29) is 17.4 Å². The van der Waals surface area contributed by atoms with Gasteiger partial charge in [-0.25, -0.2) is 0 Å². The minimum Gasteiger partial charge on any atom is -0.293 e. The van der Waals surface area contributed by atoms with Crippen LogP contribution in [0.4, 0.5) is 5.69 Å². The average Bonchev–Trinajstić information content (AvgIpc) is 2.94. The number of carbonyl (C=O) groups is 1. The van der Waals surface area contributed by atoms with Gasteiger partial charge in [-0.2, -0.15) is 0 Å². The summed E-state index contributed by atoms with van der Waals surface area (Å²) >= 11 is 1.71. The van der Waals surface area contributed by atoms with Crippen LogP contribution in [0, 0.1) is 17.0 Å². The Hall–Kier alpha value is -2.01. The van der Waals surface area contributed by atoms with E-state index in [1.54, 1.807) is 24.3 Å². The first-order valence-electron chi connectivity index (χ1n) is 6.93. The standard InChI is InChI=1S/C16H15NO3S/c1-10-9-11(17(19)20)5-6-12(10)16(18)14-3-2-4-15-13(14)7-8-21-15/h5-9,14H,2-4H2,1H3. The van der Waals surface area contributed by atoms with Crippen LogP contribution in [0.25, 0.3) is 0 Å². The van der Waals surface area contributed by atoms with Crippen LogP contribution < -0.4 is 0 Å². The van der Waals surface area contributed by atoms with E-state index < -0.39 is 4.92 Å². The first kappa shape index (κ1) is 13.9. The van der Waals surface area contributed by atoms with Gasteiger partial charge in [-0.3, -0.25) is 14.9 Å². The van der Waals surface area contributed by atoms with E-state index in [9.17, 15) is 14.9 Å². The average molecular weight is 301 g/mol. The van der Waals surface area contributed by atoms with Gasteiger partial charge >= 0.3 is 0 Å². The molecule has 0 amide bonds. The molecule has 1 atom stereocenters. The summed E-state index contributed by atoms with van der Waals surface area (Å²) in [5.74, 6) is -0.0121. The van der Waals surface area contributed by atoms with Crippen molar-refractivity contribution in [1.29, 1.82) is 0 Å². The monoisotopic (exact) mass is 301 g/mol. The number of aryl methyl sites for hydroxylation is 2. The van der Waals surface area contributed by atoms with Crippen molar-refractivity contribution in [2.45, 2.75) is 32.1 Å². The molecule has 2 aromatic rings. The molecule has 0 saturated carbocycles. The summed E-state index contributed by atoms with van der Waals surface area (Å²) in [5.41, 5.74) is 2.46. The second-order valence-corrected chi connectivity index (χ2v) is 6.37. The molecule has 1 aromatic heterocycles. The Morgan fingerprint density at radius 2 is 2.19 bits per heavy atom. The van der Waals surface area contributed by atoms with Crippen molar-refractivity contribution in [2.24, 2.45) is 0 Å².